The summed E-state index contributed by atoms with van der Waals surface area (Å²) in [5.74, 6) is -2.89. The van der Waals surface area contributed by atoms with Crippen LogP contribution in [0, 0.1) is 13.8 Å². The molecule has 0 aliphatic rings. The van der Waals surface area contributed by atoms with E-state index in [1.54, 1.807) is 19.1 Å². The zero-order chi connectivity index (χ0) is 22.1. The molecular formula is C20H17ClF3N3O3. The molecule has 1 amide bonds. The number of benzene rings is 2. The lowest BCUT2D eigenvalue weighted by molar-refractivity contribution is -0.152. The Morgan fingerprint density at radius 1 is 1.20 bits per heavy atom. The van der Waals surface area contributed by atoms with Crippen LogP contribution in [0.4, 0.5) is 18.9 Å². The Morgan fingerprint density at radius 3 is 2.57 bits per heavy atom. The molecule has 30 heavy (non-hydrogen) atoms. The maximum atomic E-state index is 13.3. The van der Waals surface area contributed by atoms with Crippen molar-refractivity contribution in [2.45, 2.75) is 26.6 Å². The fraction of sp³-hybridized carbons (Fsp3) is 0.250. The average molecular weight is 440 g/mol. The predicted molar refractivity (Wildman–Crippen MR) is 105 cm³/mol. The Balaban J connectivity index is 1.69. The van der Waals surface area contributed by atoms with Gasteiger partial charge < -0.3 is 14.6 Å². The highest BCUT2D eigenvalue weighted by atomic mass is 35.5. The van der Waals surface area contributed by atoms with E-state index >= 15 is 0 Å². The zero-order valence-corrected chi connectivity index (χ0v) is 16.8. The van der Waals surface area contributed by atoms with Crippen molar-refractivity contribution >= 4 is 40.2 Å². The summed E-state index contributed by atoms with van der Waals surface area (Å²) in [6, 6.07) is 9.39. The molecule has 0 radical (unpaired) electrons. The van der Waals surface area contributed by atoms with Crippen molar-refractivity contribution in [1.29, 1.82) is 0 Å². The molecule has 1 aromatic heterocycles. The highest BCUT2D eigenvalue weighted by Gasteiger charge is 2.38. The number of fused-ring (bicyclic) bond motifs is 1. The largest absolute Gasteiger partial charge is 0.454 e. The molecule has 0 saturated carbocycles. The second-order valence-corrected chi connectivity index (χ2v) is 7.06. The van der Waals surface area contributed by atoms with Crippen LogP contribution in [0.5, 0.6) is 0 Å². The Bertz CT molecular complexity index is 1100. The van der Waals surface area contributed by atoms with Crippen LogP contribution in [0.15, 0.2) is 36.4 Å². The number of imidazole rings is 1. The van der Waals surface area contributed by atoms with E-state index in [2.05, 4.69) is 10.3 Å². The first-order valence-electron chi connectivity index (χ1n) is 8.81. The fourth-order valence-corrected chi connectivity index (χ4v) is 3.39. The van der Waals surface area contributed by atoms with Gasteiger partial charge in [-0.1, -0.05) is 29.8 Å². The summed E-state index contributed by atoms with van der Waals surface area (Å²) in [6.45, 7) is 2.19. The molecule has 1 N–H and O–H groups in total. The molecule has 3 rings (SSSR count). The number of rotatable bonds is 5. The van der Waals surface area contributed by atoms with E-state index in [1.165, 1.54) is 18.2 Å². The first-order valence-corrected chi connectivity index (χ1v) is 9.18. The quantitative estimate of drug-likeness (QED) is 0.594. The van der Waals surface area contributed by atoms with Gasteiger partial charge in [0.2, 0.25) is 5.82 Å². The third-order valence-electron chi connectivity index (χ3n) is 4.26. The van der Waals surface area contributed by atoms with Crippen LogP contribution >= 0.6 is 11.6 Å². The van der Waals surface area contributed by atoms with Crippen LogP contribution in [0.25, 0.3) is 11.0 Å². The van der Waals surface area contributed by atoms with E-state index in [1.807, 2.05) is 13.0 Å². The highest BCUT2D eigenvalue weighted by molar-refractivity contribution is 6.34. The van der Waals surface area contributed by atoms with Crippen molar-refractivity contribution < 1.29 is 27.5 Å². The molecule has 0 unspecified atom stereocenters. The van der Waals surface area contributed by atoms with Gasteiger partial charge in [0.1, 0.15) is 6.54 Å². The number of halogens is 4. The number of hydrogen-bond acceptors (Lipinski definition) is 4. The summed E-state index contributed by atoms with van der Waals surface area (Å²) in [4.78, 5) is 27.8. The average Bonchev–Trinajstić information content (AvgIpc) is 3.02. The van der Waals surface area contributed by atoms with Crippen molar-refractivity contribution in [3.8, 4) is 0 Å². The van der Waals surface area contributed by atoms with Gasteiger partial charge in [0.05, 0.1) is 21.7 Å². The summed E-state index contributed by atoms with van der Waals surface area (Å²) in [5, 5.41) is 2.86. The van der Waals surface area contributed by atoms with Gasteiger partial charge in [0.15, 0.2) is 6.61 Å². The molecule has 2 aromatic carbocycles. The van der Waals surface area contributed by atoms with Crippen molar-refractivity contribution in [3.05, 3.63) is 58.4 Å². The molecule has 3 aromatic rings. The van der Waals surface area contributed by atoms with Crippen LogP contribution in [-0.2, 0) is 27.0 Å². The summed E-state index contributed by atoms with van der Waals surface area (Å²) in [7, 11) is 0. The van der Waals surface area contributed by atoms with Gasteiger partial charge in [-0.25, -0.2) is 4.98 Å². The van der Waals surface area contributed by atoms with Gasteiger partial charge in [-0.2, -0.15) is 13.2 Å². The number of nitrogens with one attached hydrogen (secondary N) is 1. The lowest BCUT2D eigenvalue weighted by Gasteiger charge is -2.13. The lowest BCUT2D eigenvalue weighted by Crippen LogP contribution is -2.25. The SMILES string of the molecule is Cc1cc(C)c(NC(=O)COC(=O)Cn2c(C(F)(F)F)nc3ccccc32)c(Cl)c1. The number of hydrogen-bond donors (Lipinski definition) is 1. The number of aryl methyl sites for hydroxylation is 2. The molecule has 10 heteroatoms. The minimum Gasteiger partial charge on any atom is -0.454 e. The Kier molecular flexibility index (Phi) is 6.02. The molecule has 0 bridgehead atoms. The van der Waals surface area contributed by atoms with Crippen LogP contribution < -0.4 is 5.32 Å². The Hall–Kier alpha value is -3.07. The molecular weight excluding hydrogens is 423 g/mol. The van der Waals surface area contributed by atoms with Gasteiger partial charge >= 0.3 is 12.1 Å². The number of ether oxygens (including phenoxy) is 1. The van der Waals surface area contributed by atoms with Crippen LogP contribution in [-0.4, -0.2) is 28.0 Å². The number of esters is 1. The summed E-state index contributed by atoms with van der Waals surface area (Å²) in [6.07, 6.45) is -4.75. The molecule has 0 aliphatic heterocycles. The number of carbonyl (C=O) groups excluding carboxylic acids is 2. The second-order valence-electron chi connectivity index (χ2n) is 6.66. The molecule has 0 atom stereocenters. The summed E-state index contributed by atoms with van der Waals surface area (Å²) < 4.78 is 45.4. The third-order valence-corrected chi connectivity index (χ3v) is 4.55. The lowest BCUT2D eigenvalue weighted by atomic mass is 10.1. The highest BCUT2D eigenvalue weighted by Crippen LogP contribution is 2.31. The normalized spacial score (nSPS) is 11.5. The number of anilines is 1. The number of nitrogens with zero attached hydrogens (tertiary/aromatic N) is 2. The first-order chi connectivity index (χ1) is 14.1. The van der Waals surface area contributed by atoms with Crippen molar-refractivity contribution in [3.63, 3.8) is 0 Å². The zero-order valence-electron chi connectivity index (χ0n) is 16.0. The van der Waals surface area contributed by atoms with Crippen LogP contribution in [0.1, 0.15) is 17.0 Å². The number of para-hydroxylation sites is 2. The number of amides is 1. The van der Waals surface area contributed by atoms with E-state index in [-0.39, 0.29) is 11.0 Å². The maximum Gasteiger partial charge on any atom is 0.449 e. The van der Waals surface area contributed by atoms with Gasteiger partial charge in [-0.05, 0) is 43.2 Å². The number of aromatic nitrogens is 2. The molecule has 0 fully saturated rings. The molecule has 0 saturated heterocycles. The van der Waals surface area contributed by atoms with E-state index in [9.17, 15) is 22.8 Å². The van der Waals surface area contributed by atoms with Crippen molar-refractivity contribution in [2.24, 2.45) is 0 Å². The Labute approximate surface area is 174 Å². The Morgan fingerprint density at radius 2 is 1.90 bits per heavy atom. The fourth-order valence-electron chi connectivity index (χ4n) is 3.02. The monoisotopic (exact) mass is 439 g/mol. The first kappa shape index (κ1) is 21.6. The number of carbonyl (C=O) groups is 2. The van der Waals surface area contributed by atoms with Gasteiger partial charge in [-0.3, -0.25) is 9.59 Å². The van der Waals surface area contributed by atoms with Crippen LogP contribution in [0.2, 0.25) is 5.02 Å². The molecule has 0 spiro atoms. The second kappa shape index (κ2) is 8.35. The van der Waals surface area contributed by atoms with E-state index in [0.29, 0.717) is 10.7 Å². The van der Waals surface area contributed by atoms with E-state index in [0.717, 1.165) is 15.7 Å². The summed E-state index contributed by atoms with van der Waals surface area (Å²) in [5.41, 5.74) is 2.24. The predicted octanol–water partition coefficient (Wildman–Crippen LogP) is 4.51. The summed E-state index contributed by atoms with van der Waals surface area (Å²) >= 11 is 6.11. The minimum absolute atomic E-state index is 0.0971. The minimum atomic E-state index is -4.75. The number of alkyl halides is 3. The standard InChI is InChI=1S/C20H17ClF3N3O3/c1-11-7-12(2)18(13(21)8-11)26-16(28)10-30-17(29)9-27-15-6-4-3-5-14(15)25-19(27)20(22,23)24/h3-8H,9-10H2,1-2H3,(H,26,28). The van der Waals surface area contributed by atoms with Gasteiger partial charge in [0.25, 0.3) is 5.91 Å². The van der Waals surface area contributed by atoms with E-state index in [4.69, 9.17) is 16.3 Å². The van der Waals surface area contributed by atoms with E-state index < -0.39 is 37.0 Å². The smallest absolute Gasteiger partial charge is 0.449 e. The maximum absolute atomic E-state index is 13.3. The molecule has 0 aliphatic carbocycles. The molecule has 6 nitrogen and oxygen atoms in total. The topological polar surface area (TPSA) is 73.2 Å². The van der Waals surface area contributed by atoms with Gasteiger partial charge in [-0.15, -0.1) is 0 Å². The molecule has 158 valence electrons. The van der Waals surface area contributed by atoms with Gasteiger partial charge in [0, 0.05) is 0 Å². The van der Waals surface area contributed by atoms with Crippen molar-refractivity contribution in [2.75, 3.05) is 11.9 Å². The molecule has 1 heterocycles. The third kappa shape index (κ3) is 4.73. The van der Waals surface area contributed by atoms with Crippen molar-refractivity contribution in [1.82, 2.24) is 9.55 Å². The van der Waals surface area contributed by atoms with Crippen LogP contribution in [0.3, 0.4) is 0 Å².